The minimum absolute atomic E-state index is 0.146. The zero-order valence-corrected chi connectivity index (χ0v) is 11.7. The Balaban J connectivity index is 2.82. The zero-order valence-electron chi connectivity index (χ0n) is 11.7. The maximum absolute atomic E-state index is 11.6. The third kappa shape index (κ3) is 4.65. The van der Waals surface area contributed by atoms with Gasteiger partial charge in [0.15, 0.2) is 0 Å². The number of nitrogens with zero attached hydrogens (tertiary/aromatic N) is 1. The van der Waals surface area contributed by atoms with Crippen molar-refractivity contribution >= 4 is 17.7 Å². The van der Waals surface area contributed by atoms with Gasteiger partial charge in [0.05, 0.1) is 5.69 Å². The summed E-state index contributed by atoms with van der Waals surface area (Å²) in [6.07, 6.45) is 1.80. The molecule has 0 atom stereocenters. The van der Waals surface area contributed by atoms with Crippen molar-refractivity contribution in [2.45, 2.75) is 46.3 Å². The number of hydrogen-bond donors (Lipinski definition) is 2. The van der Waals surface area contributed by atoms with E-state index < -0.39 is 17.7 Å². The number of hydrogen-bond acceptors (Lipinski definition) is 3. The van der Waals surface area contributed by atoms with Gasteiger partial charge in [-0.05, 0) is 33.3 Å². The van der Waals surface area contributed by atoms with E-state index in [9.17, 15) is 9.59 Å². The lowest BCUT2D eigenvalue weighted by atomic mass is 10.2. The Morgan fingerprint density at radius 2 is 2.05 bits per heavy atom. The van der Waals surface area contributed by atoms with E-state index in [-0.39, 0.29) is 5.69 Å². The first-order chi connectivity index (χ1) is 8.73. The maximum Gasteiger partial charge on any atom is 0.412 e. The van der Waals surface area contributed by atoms with Crippen molar-refractivity contribution < 1.29 is 19.4 Å². The van der Waals surface area contributed by atoms with Crippen molar-refractivity contribution in [2.24, 2.45) is 0 Å². The summed E-state index contributed by atoms with van der Waals surface area (Å²) in [4.78, 5) is 22.6. The van der Waals surface area contributed by atoms with Crippen LogP contribution < -0.4 is 5.32 Å². The highest BCUT2D eigenvalue weighted by Gasteiger charge is 2.18. The van der Waals surface area contributed by atoms with Gasteiger partial charge >= 0.3 is 12.1 Å². The molecule has 0 aliphatic heterocycles. The molecule has 1 amide bonds. The van der Waals surface area contributed by atoms with Gasteiger partial charge in [0, 0.05) is 12.7 Å². The first-order valence-electron chi connectivity index (χ1n) is 6.16. The summed E-state index contributed by atoms with van der Waals surface area (Å²) in [5, 5.41) is 11.6. The lowest BCUT2D eigenvalue weighted by Gasteiger charge is -2.19. The molecule has 0 saturated heterocycles. The number of rotatable bonds is 4. The molecule has 6 nitrogen and oxygen atoms in total. The van der Waals surface area contributed by atoms with Gasteiger partial charge in [-0.25, -0.2) is 9.59 Å². The summed E-state index contributed by atoms with van der Waals surface area (Å²) in [6, 6.07) is 1.42. The fourth-order valence-corrected chi connectivity index (χ4v) is 1.61. The van der Waals surface area contributed by atoms with E-state index in [1.165, 1.54) is 6.07 Å². The van der Waals surface area contributed by atoms with Crippen LogP contribution in [0.2, 0.25) is 0 Å². The lowest BCUT2D eigenvalue weighted by molar-refractivity contribution is 0.0633. The lowest BCUT2D eigenvalue weighted by Crippen LogP contribution is -2.27. The van der Waals surface area contributed by atoms with Gasteiger partial charge < -0.3 is 14.4 Å². The molecule has 1 aromatic heterocycles. The van der Waals surface area contributed by atoms with Crippen LogP contribution >= 0.6 is 0 Å². The minimum atomic E-state index is -1.02. The predicted molar refractivity (Wildman–Crippen MR) is 71.5 cm³/mol. The number of carbonyl (C=O) groups is 2. The Morgan fingerprint density at radius 3 is 2.53 bits per heavy atom. The van der Waals surface area contributed by atoms with Gasteiger partial charge in [0.1, 0.15) is 11.3 Å². The van der Waals surface area contributed by atoms with Crippen molar-refractivity contribution in [2.75, 3.05) is 5.32 Å². The molecular formula is C13H20N2O4. The van der Waals surface area contributed by atoms with Crippen LogP contribution in [0.5, 0.6) is 0 Å². The minimum Gasteiger partial charge on any atom is -0.477 e. The maximum atomic E-state index is 11.6. The summed E-state index contributed by atoms with van der Waals surface area (Å²) in [5.41, 5.74) is -0.0286. The molecule has 0 bridgehead atoms. The molecule has 2 N–H and O–H groups in total. The standard InChI is InChI=1S/C13H20N2O4/c1-5-6-15-8-9(7-10(15)11(16)17)14-12(18)19-13(2,3)4/h7-8H,5-6H2,1-4H3,(H,14,18)(H,16,17). The highest BCUT2D eigenvalue weighted by Crippen LogP contribution is 2.16. The number of anilines is 1. The van der Waals surface area contributed by atoms with Crippen LogP contribution in [0.25, 0.3) is 0 Å². The van der Waals surface area contributed by atoms with Crippen molar-refractivity contribution in [3.05, 3.63) is 18.0 Å². The average molecular weight is 268 g/mol. The average Bonchev–Trinajstić information content (AvgIpc) is 2.58. The van der Waals surface area contributed by atoms with Crippen molar-refractivity contribution in [3.63, 3.8) is 0 Å². The third-order valence-electron chi connectivity index (χ3n) is 2.23. The van der Waals surface area contributed by atoms with Crippen LogP contribution in [0.1, 0.15) is 44.6 Å². The molecule has 1 aromatic rings. The van der Waals surface area contributed by atoms with Crippen molar-refractivity contribution in [3.8, 4) is 0 Å². The largest absolute Gasteiger partial charge is 0.477 e. The van der Waals surface area contributed by atoms with Gasteiger partial charge in [0.25, 0.3) is 0 Å². The van der Waals surface area contributed by atoms with E-state index in [4.69, 9.17) is 9.84 Å². The highest BCUT2D eigenvalue weighted by atomic mass is 16.6. The molecule has 0 spiro atoms. The number of carboxylic acids is 1. The molecule has 0 aromatic carbocycles. The number of aromatic carboxylic acids is 1. The molecule has 0 saturated carbocycles. The van der Waals surface area contributed by atoms with E-state index in [1.807, 2.05) is 6.92 Å². The number of ether oxygens (including phenoxy) is 1. The van der Waals surface area contributed by atoms with E-state index in [1.54, 1.807) is 31.5 Å². The van der Waals surface area contributed by atoms with E-state index >= 15 is 0 Å². The molecule has 0 unspecified atom stereocenters. The normalized spacial score (nSPS) is 11.2. The van der Waals surface area contributed by atoms with Crippen molar-refractivity contribution in [1.82, 2.24) is 4.57 Å². The second-order valence-electron chi connectivity index (χ2n) is 5.24. The quantitative estimate of drug-likeness (QED) is 0.879. The summed E-state index contributed by atoms with van der Waals surface area (Å²) in [6.45, 7) is 7.82. The summed E-state index contributed by atoms with van der Waals surface area (Å²) >= 11 is 0. The van der Waals surface area contributed by atoms with Gasteiger partial charge in [-0.1, -0.05) is 6.92 Å². The van der Waals surface area contributed by atoms with Gasteiger partial charge in [0.2, 0.25) is 0 Å². The molecule has 0 fully saturated rings. The van der Waals surface area contributed by atoms with Crippen LogP contribution in [0.15, 0.2) is 12.3 Å². The van der Waals surface area contributed by atoms with Gasteiger partial charge in [-0.2, -0.15) is 0 Å². The molecule has 6 heteroatoms. The smallest absolute Gasteiger partial charge is 0.412 e. The zero-order chi connectivity index (χ0) is 14.6. The number of amides is 1. The fraction of sp³-hybridized carbons (Fsp3) is 0.538. The Bertz CT molecular complexity index is 471. The van der Waals surface area contributed by atoms with Gasteiger partial charge in [-0.3, -0.25) is 5.32 Å². The first kappa shape index (κ1) is 15.1. The second kappa shape index (κ2) is 5.77. The number of nitrogens with one attached hydrogen (secondary N) is 1. The Kier molecular flexibility index (Phi) is 4.58. The number of carboxylic acid groups (broad SMARTS) is 1. The number of aryl methyl sites for hydroxylation is 1. The highest BCUT2D eigenvalue weighted by molar-refractivity contribution is 5.90. The molecule has 0 aliphatic rings. The van der Waals surface area contributed by atoms with E-state index in [0.29, 0.717) is 12.2 Å². The van der Waals surface area contributed by atoms with Crippen LogP contribution in [-0.4, -0.2) is 27.3 Å². The number of carbonyl (C=O) groups excluding carboxylic acids is 1. The molecule has 1 heterocycles. The topological polar surface area (TPSA) is 80.6 Å². The van der Waals surface area contributed by atoms with Crippen LogP contribution in [0, 0.1) is 0 Å². The molecule has 1 rings (SSSR count). The fourth-order valence-electron chi connectivity index (χ4n) is 1.61. The van der Waals surface area contributed by atoms with E-state index in [2.05, 4.69) is 5.32 Å². The molecule has 19 heavy (non-hydrogen) atoms. The third-order valence-corrected chi connectivity index (χ3v) is 2.23. The van der Waals surface area contributed by atoms with Crippen molar-refractivity contribution in [1.29, 1.82) is 0 Å². The summed E-state index contributed by atoms with van der Waals surface area (Å²) < 4.78 is 6.70. The molecular weight excluding hydrogens is 248 g/mol. The summed E-state index contributed by atoms with van der Waals surface area (Å²) in [7, 11) is 0. The first-order valence-corrected chi connectivity index (χ1v) is 6.16. The van der Waals surface area contributed by atoms with Crippen LogP contribution in [0.3, 0.4) is 0 Å². The van der Waals surface area contributed by atoms with Crippen LogP contribution in [-0.2, 0) is 11.3 Å². The molecule has 106 valence electrons. The molecule has 0 radical (unpaired) electrons. The Hall–Kier alpha value is -1.98. The summed E-state index contributed by atoms with van der Waals surface area (Å²) in [5.74, 6) is -1.02. The monoisotopic (exact) mass is 268 g/mol. The number of aromatic nitrogens is 1. The van der Waals surface area contributed by atoms with E-state index in [0.717, 1.165) is 6.42 Å². The Labute approximate surface area is 112 Å². The van der Waals surface area contributed by atoms with Gasteiger partial charge in [-0.15, -0.1) is 0 Å². The predicted octanol–water partition coefficient (Wildman–Crippen LogP) is 2.94. The second-order valence-corrected chi connectivity index (χ2v) is 5.24. The Morgan fingerprint density at radius 1 is 1.42 bits per heavy atom. The SMILES string of the molecule is CCCn1cc(NC(=O)OC(C)(C)C)cc1C(=O)O. The molecule has 0 aliphatic carbocycles. The van der Waals surface area contributed by atoms with Crippen LogP contribution in [0.4, 0.5) is 10.5 Å².